The number of carbonyl (C=O) groups is 1. The van der Waals surface area contributed by atoms with Crippen LogP contribution in [0.15, 0.2) is 78.6 Å². The van der Waals surface area contributed by atoms with Crippen LogP contribution in [0.3, 0.4) is 0 Å². The summed E-state index contributed by atoms with van der Waals surface area (Å²) in [5.41, 5.74) is 3.07. The molecule has 0 aliphatic heterocycles. The van der Waals surface area contributed by atoms with Crippen LogP contribution in [0.4, 0.5) is 0 Å². The number of hydrogen-bond acceptors (Lipinski definition) is 3. The molecule has 0 radical (unpaired) electrons. The number of amides is 1. The van der Waals surface area contributed by atoms with E-state index in [0.717, 1.165) is 23.1 Å². The lowest BCUT2D eigenvalue weighted by Gasteiger charge is -2.04. The second kappa shape index (κ2) is 9.16. The summed E-state index contributed by atoms with van der Waals surface area (Å²) < 4.78 is 1.78. The van der Waals surface area contributed by atoms with Gasteiger partial charge in [0.2, 0.25) is 0 Å². The maximum absolute atomic E-state index is 12.2. The van der Waals surface area contributed by atoms with E-state index in [1.807, 2.05) is 72.9 Å². The number of aromatic nitrogens is 2. The average Bonchev–Trinajstić information content (AvgIpc) is 3.14. The van der Waals surface area contributed by atoms with E-state index < -0.39 is 0 Å². The van der Waals surface area contributed by atoms with Crippen LogP contribution in [0.25, 0.3) is 6.08 Å². The van der Waals surface area contributed by atoms with Crippen LogP contribution in [0.2, 0.25) is 0 Å². The van der Waals surface area contributed by atoms with E-state index in [0.29, 0.717) is 13.1 Å². The van der Waals surface area contributed by atoms with Gasteiger partial charge in [-0.15, -0.1) is 0 Å². The Morgan fingerprint density at radius 3 is 2.41 bits per heavy atom. The number of benzene rings is 2. The van der Waals surface area contributed by atoms with Crippen LogP contribution in [0, 0.1) is 11.3 Å². The summed E-state index contributed by atoms with van der Waals surface area (Å²) >= 11 is 0. The summed E-state index contributed by atoms with van der Waals surface area (Å²) in [6.07, 6.45) is 5.76. The highest BCUT2D eigenvalue weighted by molar-refractivity contribution is 6.01. The Balaban J connectivity index is 1.58. The Hall–Kier alpha value is -3.65. The number of carbonyl (C=O) groups excluding carboxylic acids is 1. The van der Waals surface area contributed by atoms with E-state index in [1.54, 1.807) is 17.0 Å². The molecule has 1 N–H and O–H groups in total. The highest BCUT2D eigenvalue weighted by atomic mass is 16.1. The first-order chi connectivity index (χ1) is 13.2. The third kappa shape index (κ3) is 5.41. The smallest absolute Gasteiger partial charge is 0.261 e. The third-order valence-electron chi connectivity index (χ3n) is 4.06. The molecule has 27 heavy (non-hydrogen) atoms. The van der Waals surface area contributed by atoms with Crippen LogP contribution >= 0.6 is 0 Å². The first-order valence-corrected chi connectivity index (χ1v) is 8.75. The molecule has 0 spiro atoms. The van der Waals surface area contributed by atoms with Gasteiger partial charge in [-0.1, -0.05) is 60.7 Å². The minimum atomic E-state index is -0.371. The summed E-state index contributed by atoms with van der Waals surface area (Å²) in [4.78, 5) is 12.2. The first-order valence-electron chi connectivity index (χ1n) is 8.75. The molecule has 1 amide bonds. The summed E-state index contributed by atoms with van der Waals surface area (Å²) in [5, 5.41) is 16.4. The van der Waals surface area contributed by atoms with Gasteiger partial charge >= 0.3 is 0 Å². The van der Waals surface area contributed by atoms with Gasteiger partial charge in [0.15, 0.2) is 0 Å². The van der Waals surface area contributed by atoms with Crippen LogP contribution < -0.4 is 5.32 Å². The summed E-state index contributed by atoms with van der Waals surface area (Å²) in [5.74, 6) is -0.371. The molecule has 0 bridgehead atoms. The standard InChI is InChI=1S/C22H20N4O/c23-14-21(22(27)24-12-11-18-7-3-1-4-8-18)13-20-15-25-26(17-20)16-19-9-5-2-6-10-19/h1-10,13,15,17H,11-12,16H2,(H,24,27)/b21-13+. The molecule has 0 atom stereocenters. The van der Waals surface area contributed by atoms with Crippen molar-refractivity contribution < 1.29 is 4.79 Å². The molecule has 1 heterocycles. The summed E-state index contributed by atoms with van der Waals surface area (Å²) in [6.45, 7) is 1.12. The minimum Gasteiger partial charge on any atom is -0.351 e. The number of rotatable bonds is 7. The maximum atomic E-state index is 12.2. The van der Waals surface area contributed by atoms with Crippen LogP contribution in [-0.4, -0.2) is 22.2 Å². The van der Waals surface area contributed by atoms with E-state index in [-0.39, 0.29) is 11.5 Å². The van der Waals surface area contributed by atoms with Gasteiger partial charge < -0.3 is 5.32 Å². The fourth-order valence-corrected chi connectivity index (χ4v) is 2.69. The Morgan fingerprint density at radius 1 is 1.07 bits per heavy atom. The largest absolute Gasteiger partial charge is 0.351 e. The highest BCUT2D eigenvalue weighted by Gasteiger charge is 2.09. The molecule has 3 rings (SSSR count). The SMILES string of the molecule is N#C/C(=C\c1cnn(Cc2ccccc2)c1)C(=O)NCCc1ccccc1. The minimum absolute atomic E-state index is 0.0716. The van der Waals surface area contributed by atoms with Gasteiger partial charge in [-0.2, -0.15) is 10.4 Å². The lowest BCUT2D eigenvalue weighted by atomic mass is 10.1. The Morgan fingerprint density at radius 2 is 1.74 bits per heavy atom. The number of nitriles is 1. The summed E-state index contributed by atoms with van der Waals surface area (Å²) in [7, 11) is 0. The van der Waals surface area contributed by atoms with Gasteiger partial charge in [0.05, 0.1) is 12.7 Å². The highest BCUT2D eigenvalue weighted by Crippen LogP contribution is 2.08. The Labute approximate surface area is 158 Å². The molecule has 0 fully saturated rings. The topological polar surface area (TPSA) is 70.7 Å². The third-order valence-corrected chi connectivity index (χ3v) is 4.06. The van der Waals surface area contributed by atoms with E-state index in [9.17, 15) is 10.1 Å². The molecule has 134 valence electrons. The number of hydrogen-bond donors (Lipinski definition) is 1. The molecule has 0 aliphatic carbocycles. The van der Waals surface area contributed by atoms with Gasteiger partial charge in [-0.3, -0.25) is 9.48 Å². The predicted octanol–water partition coefficient (Wildman–Crippen LogP) is 3.20. The molecule has 0 saturated carbocycles. The average molecular weight is 356 g/mol. The van der Waals surface area contributed by atoms with Crippen molar-refractivity contribution in [2.45, 2.75) is 13.0 Å². The fourth-order valence-electron chi connectivity index (χ4n) is 2.69. The van der Waals surface area contributed by atoms with Crippen LogP contribution in [0.1, 0.15) is 16.7 Å². The molecule has 2 aromatic carbocycles. The molecular weight excluding hydrogens is 336 g/mol. The van der Waals surface area contributed by atoms with Gasteiger partial charge in [0.1, 0.15) is 11.6 Å². The van der Waals surface area contributed by atoms with E-state index in [1.165, 1.54) is 0 Å². The number of nitrogens with zero attached hydrogens (tertiary/aromatic N) is 3. The molecule has 0 saturated heterocycles. The molecule has 3 aromatic rings. The monoisotopic (exact) mass is 356 g/mol. The van der Waals surface area contributed by atoms with Gasteiger partial charge in [-0.25, -0.2) is 0 Å². The molecule has 5 heteroatoms. The van der Waals surface area contributed by atoms with Gasteiger partial charge in [0.25, 0.3) is 5.91 Å². The lowest BCUT2D eigenvalue weighted by molar-refractivity contribution is -0.117. The molecule has 1 aromatic heterocycles. The summed E-state index contributed by atoms with van der Waals surface area (Å²) in [6, 6.07) is 21.8. The van der Waals surface area contributed by atoms with E-state index in [4.69, 9.17) is 0 Å². The zero-order valence-electron chi connectivity index (χ0n) is 14.9. The van der Waals surface area contributed by atoms with Gasteiger partial charge in [-0.05, 0) is 23.6 Å². The molecular formula is C22H20N4O. The lowest BCUT2D eigenvalue weighted by Crippen LogP contribution is -2.26. The van der Waals surface area contributed by atoms with Crippen molar-refractivity contribution in [1.82, 2.24) is 15.1 Å². The van der Waals surface area contributed by atoms with Crippen molar-refractivity contribution in [2.75, 3.05) is 6.54 Å². The molecule has 5 nitrogen and oxygen atoms in total. The Kier molecular flexibility index (Phi) is 6.16. The first kappa shape index (κ1) is 18.2. The quantitative estimate of drug-likeness (QED) is 0.522. The van der Waals surface area contributed by atoms with E-state index >= 15 is 0 Å². The van der Waals surface area contributed by atoms with Crippen LogP contribution in [0.5, 0.6) is 0 Å². The Bertz CT molecular complexity index is 953. The van der Waals surface area contributed by atoms with Crippen molar-refractivity contribution in [3.63, 3.8) is 0 Å². The predicted molar refractivity (Wildman–Crippen MR) is 105 cm³/mol. The van der Waals surface area contributed by atoms with Crippen molar-refractivity contribution in [3.05, 3.63) is 95.3 Å². The molecule has 0 aliphatic rings. The van der Waals surface area contributed by atoms with E-state index in [2.05, 4.69) is 10.4 Å². The second-order valence-electron chi connectivity index (χ2n) is 6.12. The zero-order chi connectivity index (χ0) is 18.9. The van der Waals surface area contributed by atoms with Crippen molar-refractivity contribution in [3.8, 4) is 6.07 Å². The van der Waals surface area contributed by atoms with Crippen LogP contribution in [-0.2, 0) is 17.8 Å². The van der Waals surface area contributed by atoms with Crippen molar-refractivity contribution in [2.24, 2.45) is 0 Å². The zero-order valence-corrected chi connectivity index (χ0v) is 14.9. The number of nitrogens with one attached hydrogen (secondary N) is 1. The maximum Gasteiger partial charge on any atom is 0.261 e. The van der Waals surface area contributed by atoms with Crippen molar-refractivity contribution >= 4 is 12.0 Å². The normalized spacial score (nSPS) is 11.0. The second-order valence-corrected chi connectivity index (χ2v) is 6.12. The molecule has 0 unspecified atom stereocenters. The fraction of sp³-hybridized carbons (Fsp3) is 0.136. The van der Waals surface area contributed by atoms with Crippen molar-refractivity contribution in [1.29, 1.82) is 5.26 Å². The van der Waals surface area contributed by atoms with Gasteiger partial charge in [0, 0.05) is 18.3 Å².